The summed E-state index contributed by atoms with van der Waals surface area (Å²) in [5, 5.41) is 0. The molecule has 0 aromatic heterocycles. The minimum absolute atomic E-state index is 0.783. The van der Waals surface area contributed by atoms with E-state index in [1.807, 2.05) is 7.05 Å². The molecule has 0 N–H and O–H groups in total. The zero-order valence-corrected chi connectivity index (χ0v) is 10.9. The topological polar surface area (TPSA) is 15.6 Å². The van der Waals surface area contributed by atoms with Crippen LogP contribution in [0.3, 0.4) is 0 Å². The standard InChI is InChI=1S/C14H26N2/c1-15-14-11-10-12-8-6-4-3-5-7-9-13(12)16(14)2/h12-13H,3-11H2,1-2H3. The molecule has 2 aliphatic rings. The van der Waals surface area contributed by atoms with Gasteiger partial charge in [0.1, 0.15) is 0 Å². The monoisotopic (exact) mass is 222 g/mol. The maximum absolute atomic E-state index is 4.44. The molecular weight excluding hydrogens is 196 g/mol. The van der Waals surface area contributed by atoms with Crippen molar-refractivity contribution in [2.24, 2.45) is 10.9 Å². The molecule has 2 fully saturated rings. The lowest BCUT2D eigenvalue weighted by atomic mass is 9.83. The highest BCUT2D eigenvalue weighted by Gasteiger charge is 2.31. The smallest absolute Gasteiger partial charge is 0.0985 e. The quantitative estimate of drug-likeness (QED) is 0.613. The van der Waals surface area contributed by atoms with Gasteiger partial charge in [0.25, 0.3) is 0 Å². The molecule has 0 aromatic rings. The number of fused-ring (bicyclic) bond motifs is 1. The van der Waals surface area contributed by atoms with Crippen molar-refractivity contribution in [3.63, 3.8) is 0 Å². The number of aliphatic imine (C=N–C) groups is 1. The Kier molecular flexibility index (Phi) is 4.25. The predicted octanol–water partition coefficient (Wildman–Crippen LogP) is 3.47. The summed E-state index contributed by atoms with van der Waals surface area (Å²) >= 11 is 0. The number of amidine groups is 1. The lowest BCUT2D eigenvalue weighted by molar-refractivity contribution is 0.192. The highest BCUT2D eigenvalue weighted by atomic mass is 15.2. The number of piperidine rings is 1. The fourth-order valence-corrected chi connectivity index (χ4v) is 3.52. The van der Waals surface area contributed by atoms with E-state index < -0.39 is 0 Å². The molecule has 16 heavy (non-hydrogen) atoms. The first-order valence-electron chi connectivity index (χ1n) is 7.01. The number of likely N-dealkylation sites (tertiary alicyclic amines) is 1. The highest BCUT2D eigenvalue weighted by molar-refractivity contribution is 5.83. The summed E-state index contributed by atoms with van der Waals surface area (Å²) < 4.78 is 0. The van der Waals surface area contributed by atoms with Gasteiger partial charge in [0.2, 0.25) is 0 Å². The third kappa shape index (κ3) is 2.58. The van der Waals surface area contributed by atoms with E-state index in [4.69, 9.17) is 0 Å². The van der Waals surface area contributed by atoms with Crippen molar-refractivity contribution in [2.45, 2.75) is 63.8 Å². The Morgan fingerprint density at radius 2 is 1.69 bits per heavy atom. The molecule has 1 aliphatic heterocycles. The van der Waals surface area contributed by atoms with Crippen molar-refractivity contribution in [2.75, 3.05) is 14.1 Å². The summed E-state index contributed by atoms with van der Waals surface area (Å²) in [5.74, 6) is 2.27. The largest absolute Gasteiger partial charge is 0.360 e. The molecule has 2 rings (SSSR count). The first kappa shape index (κ1) is 11.9. The molecular formula is C14H26N2. The normalized spacial score (nSPS) is 35.1. The van der Waals surface area contributed by atoms with Gasteiger partial charge in [-0.25, -0.2) is 0 Å². The van der Waals surface area contributed by atoms with E-state index in [1.54, 1.807) is 0 Å². The summed E-state index contributed by atoms with van der Waals surface area (Å²) in [7, 11) is 4.21. The van der Waals surface area contributed by atoms with Gasteiger partial charge in [-0.15, -0.1) is 0 Å². The molecule has 1 heterocycles. The van der Waals surface area contributed by atoms with Gasteiger partial charge in [0.05, 0.1) is 5.84 Å². The van der Waals surface area contributed by atoms with Gasteiger partial charge in [0.15, 0.2) is 0 Å². The Balaban J connectivity index is 2.05. The van der Waals surface area contributed by atoms with Crippen LogP contribution in [0.2, 0.25) is 0 Å². The van der Waals surface area contributed by atoms with Gasteiger partial charge in [-0.1, -0.05) is 32.1 Å². The van der Waals surface area contributed by atoms with Crippen molar-refractivity contribution in [1.29, 1.82) is 0 Å². The van der Waals surface area contributed by atoms with E-state index >= 15 is 0 Å². The van der Waals surface area contributed by atoms with E-state index in [0.717, 1.165) is 12.0 Å². The van der Waals surface area contributed by atoms with Gasteiger partial charge in [0, 0.05) is 26.6 Å². The maximum atomic E-state index is 4.44. The molecule has 0 radical (unpaired) electrons. The summed E-state index contributed by atoms with van der Waals surface area (Å²) in [6.45, 7) is 0. The van der Waals surface area contributed by atoms with E-state index in [1.165, 1.54) is 63.6 Å². The van der Waals surface area contributed by atoms with Crippen LogP contribution in [0.25, 0.3) is 0 Å². The third-order valence-corrected chi connectivity index (χ3v) is 4.52. The SMILES string of the molecule is CN=C1CCC2CCCCCCCC2N1C. The van der Waals surface area contributed by atoms with Gasteiger partial charge in [-0.2, -0.15) is 0 Å². The molecule has 2 nitrogen and oxygen atoms in total. The van der Waals surface area contributed by atoms with Crippen LogP contribution in [0.15, 0.2) is 4.99 Å². The van der Waals surface area contributed by atoms with Crippen molar-refractivity contribution < 1.29 is 0 Å². The van der Waals surface area contributed by atoms with E-state index in [-0.39, 0.29) is 0 Å². The number of rotatable bonds is 0. The van der Waals surface area contributed by atoms with Crippen molar-refractivity contribution in [1.82, 2.24) is 4.90 Å². The third-order valence-electron chi connectivity index (χ3n) is 4.52. The zero-order chi connectivity index (χ0) is 11.4. The maximum Gasteiger partial charge on any atom is 0.0985 e. The Morgan fingerprint density at radius 1 is 1.00 bits per heavy atom. The molecule has 92 valence electrons. The fourth-order valence-electron chi connectivity index (χ4n) is 3.52. The van der Waals surface area contributed by atoms with Crippen LogP contribution in [-0.2, 0) is 0 Å². The molecule has 2 unspecified atom stereocenters. The Morgan fingerprint density at radius 3 is 2.44 bits per heavy atom. The fraction of sp³-hybridized carbons (Fsp3) is 0.929. The van der Waals surface area contributed by atoms with Gasteiger partial charge in [-0.05, 0) is 25.2 Å². The summed E-state index contributed by atoms with van der Waals surface area (Å²) in [5.41, 5.74) is 0. The Hall–Kier alpha value is -0.530. The minimum Gasteiger partial charge on any atom is -0.360 e. The van der Waals surface area contributed by atoms with Crippen LogP contribution >= 0.6 is 0 Å². The lowest BCUT2D eigenvalue weighted by Crippen LogP contribution is -2.46. The summed E-state index contributed by atoms with van der Waals surface area (Å²) in [4.78, 5) is 6.93. The van der Waals surface area contributed by atoms with E-state index in [0.29, 0.717) is 0 Å². The van der Waals surface area contributed by atoms with Crippen LogP contribution in [0, 0.1) is 5.92 Å². The summed E-state index contributed by atoms with van der Waals surface area (Å²) in [6.07, 6.45) is 12.6. The van der Waals surface area contributed by atoms with Crippen molar-refractivity contribution in [3.8, 4) is 0 Å². The molecule has 2 atom stereocenters. The first-order valence-corrected chi connectivity index (χ1v) is 7.01. The lowest BCUT2D eigenvalue weighted by Gasteiger charge is -2.41. The Bertz CT molecular complexity index is 247. The second kappa shape index (κ2) is 5.70. The number of hydrogen-bond donors (Lipinski definition) is 0. The van der Waals surface area contributed by atoms with Gasteiger partial charge in [-0.3, -0.25) is 4.99 Å². The van der Waals surface area contributed by atoms with Gasteiger partial charge >= 0.3 is 0 Å². The molecule has 1 saturated heterocycles. The molecule has 1 saturated carbocycles. The molecule has 0 amide bonds. The zero-order valence-electron chi connectivity index (χ0n) is 10.9. The Labute approximate surface area is 100 Å². The predicted molar refractivity (Wildman–Crippen MR) is 70.0 cm³/mol. The van der Waals surface area contributed by atoms with Gasteiger partial charge < -0.3 is 4.90 Å². The summed E-state index contributed by atoms with van der Waals surface area (Å²) in [6, 6.07) is 0.783. The van der Waals surface area contributed by atoms with Crippen LogP contribution in [0.4, 0.5) is 0 Å². The van der Waals surface area contributed by atoms with Crippen LogP contribution in [0.5, 0.6) is 0 Å². The molecule has 0 aromatic carbocycles. The number of nitrogens with zero attached hydrogens (tertiary/aromatic N) is 2. The minimum atomic E-state index is 0.783. The van der Waals surface area contributed by atoms with Crippen molar-refractivity contribution in [3.05, 3.63) is 0 Å². The van der Waals surface area contributed by atoms with Crippen molar-refractivity contribution >= 4 is 5.84 Å². The van der Waals surface area contributed by atoms with E-state index in [2.05, 4.69) is 16.9 Å². The highest BCUT2D eigenvalue weighted by Crippen LogP contribution is 2.33. The van der Waals surface area contributed by atoms with Crippen LogP contribution in [-0.4, -0.2) is 30.9 Å². The molecule has 0 spiro atoms. The van der Waals surface area contributed by atoms with E-state index in [9.17, 15) is 0 Å². The molecule has 2 heteroatoms. The first-order chi connectivity index (χ1) is 7.83. The second-order valence-electron chi connectivity index (χ2n) is 5.46. The molecule has 0 bridgehead atoms. The average molecular weight is 222 g/mol. The molecule has 1 aliphatic carbocycles. The van der Waals surface area contributed by atoms with Crippen LogP contribution in [0.1, 0.15) is 57.8 Å². The second-order valence-corrected chi connectivity index (χ2v) is 5.46. The number of hydrogen-bond acceptors (Lipinski definition) is 1. The average Bonchev–Trinajstić information content (AvgIpc) is 2.41. The van der Waals surface area contributed by atoms with Crippen LogP contribution < -0.4 is 0 Å².